The maximum absolute atomic E-state index is 14.6. The summed E-state index contributed by atoms with van der Waals surface area (Å²) >= 11 is 0. The Morgan fingerprint density at radius 1 is 1.00 bits per heavy atom. The number of likely N-dealkylation sites (tertiary alicyclic amines) is 1. The molecule has 3 nitrogen and oxygen atoms in total. The lowest BCUT2D eigenvalue weighted by Crippen LogP contribution is -2.47. The van der Waals surface area contributed by atoms with Gasteiger partial charge in [-0.05, 0) is 44.2 Å². The summed E-state index contributed by atoms with van der Waals surface area (Å²) in [6, 6.07) is 14.6. The van der Waals surface area contributed by atoms with E-state index in [1.807, 2.05) is 32.9 Å². The van der Waals surface area contributed by atoms with Crippen molar-refractivity contribution in [1.29, 1.82) is 0 Å². The molecule has 1 saturated carbocycles. The quantitative estimate of drug-likeness (QED) is 0.468. The highest BCUT2D eigenvalue weighted by Crippen LogP contribution is 2.36. The van der Waals surface area contributed by atoms with Gasteiger partial charge < -0.3 is 4.90 Å². The number of hydrogen-bond donors (Lipinski definition) is 0. The molecule has 1 saturated heterocycles. The first-order valence-electron chi connectivity index (χ1n) is 13.2. The van der Waals surface area contributed by atoms with E-state index in [0.717, 1.165) is 43.6 Å². The lowest BCUT2D eigenvalue weighted by molar-refractivity contribution is -0.138. The van der Waals surface area contributed by atoms with E-state index in [-0.39, 0.29) is 17.6 Å². The fraction of sp³-hybridized carbons (Fsp3) is 0.567. The summed E-state index contributed by atoms with van der Waals surface area (Å²) in [5, 5.41) is 0. The van der Waals surface area contributed by atoms with Crippen molar-refractivity contribution in [2.45, 2.75) is 78.3 Å². The number of benzene rings is 2. The minimum atomic E-state index is -0.125. The SMILES string of the molecule is Cc1ccc([C@@H]2CN(Cc3cc(C)ccc3F)C[C@H]2CN(C(=O)C(C)C)C2CCCCC2)cc1. The molecule has 0 unspecified atom stereocenters. The number of carbonyl (C=O) groups excluding carboxylic acids is 1. The van der Waals surface area contributed by atoms with Crippen molar-refractivity contribution in [1.82, 2.24) is 9.80 Å². The number of carbonyl (C=O) groups is 1. The van der Waals surface area contributed by atoms with E-state index in [0.29, 0.717) is 24.4 Å². The maximum atomic E-state index is 14.6. The number of nitrogens with zero attached hydrogens (tertiary/aromatic N) is 2. The average Bonchev–Trinajstić information content (AvgIpc) is 3.22. The minimum Gasteiger partial charge on any atom is -0.339 e. The van der Waals surface area contributed by atoms with E-state index in [9.17, 15) is 9.18 Å². The summed E-state index contributed by atoms with van der Waals surface area (Å²) in [7, 11) is 0. The first kappa shape index (κ1) is 24.9. The molecular weight excluding hydrogens is 423 g/mol. The average molecular weight is 465 g/mol. The van der Waals surface area contributed by atoms with Gasteiger partial charge in [0.05, 0.1) is 0 Å². The van der Waals surface area contributed by atoms with Gasteiger partial charge in [-0.25, -0.2) is 4.39 Å². The third kappa shape index (κ3) is 5.89. The second kappa shape index (κ2) is 11.0. The van der Waals surface area contributed by atoms with E-state index in [2.05, 4.69) is 41.0 Å². The van der Waals surface area contributed by atoms with Crippen LogP contribution in [-0.2, 0) is 11.3 Å². The van der Waals surface area contributed by atoms with Crippen LogP contribution in [0.2, 0.25) is 0 Å². The van der Waals surface area contributed by atoms with Gasteiger partial charge in [0.25, 0.3) is 0 Å². The van der Waals surface area contributed by atoms with Crippen LogP contribution < -0.4 is 0 Å². The van der Waals surface area contributed by atoms with Crippen LogP contribution in [0.15, 0.2) is 42.5 Å². The van der Waals surface area contributed by atoms with Crippen molar-refractivity contribution >= 4 is 5.91 Å². The number of halogens is 1. The van der Waals surface area contributed by atoms with Gasteiger partial charge in [0.1, 0.15) is 5.82 Å². The lowest BCUT2D eigenvalue weighted by atomic mass is 9.86. The van der Waals surface area contributed by atoms with Gasteiger partial charge in [-0.3, -0.25) is 9.69 Å². The van der Waals surface area contributed by atoms with Gasteiger partial charge in [-0.1, -0.05) is 80.6 Å². The summed E-state index contributed by atoms with van der Waals surface area (Å²) in [5.41, 5.74) is 4.46. The summed E-state index contributed by atoms with van der Waals surface area (Å²) in [6.07, 6.45) is 5.97. The molecule has 2 atom stereocenters. The van der Waals surface area contributed by atoms with Crippen molar-refractivity contribution in [3.8, 4) is 0 Å². The minimum absolute atomic E-state index is 0.0126. The Labute approximate surface area is 205 Å². The Hall–Kier alpha value is -2.20. The predicted molar refractivity (Wildman–Crippen MR) is 137 cm³/mol. The largest absolute Gasteiger partial charge is 0.339 e. The molecule has 34 heavy (non-hydrogen) atoms. The van der Waals surface area contributed by atoms with Crippen molar-refractivity contribution in [2.24, 2.45) is 11.8 Å². The van der Waals surface area contributed by atoms with Crippen LogP contribution in [0.5, 0.6) is 0 Å². The molecule has 1 heterocycles. The van der Waals surface area contributed by atoms with E-state index in [4.69, 9.17) is 0 Å². The molecule has 4 rings (SSSR count). The summed E-state index contributed by atoms with van der Waals surface area (Å²) in [5.74, 6) is 0.871. The van der Waals surface area contributed by atoms with Crippen LogP contribution in [-0.4, -0.2) is 41.4 Å². The molecule has 0 aromatic heterocycles. The second-order valence-corrected chi connectivity index (χ2v) is 11.0. The van der Waals surface area contributed by atoms with Crippen molar-refractivity contribution in [3.05, 3.63) is 70.5 Å². The standard InChI is InChI=1S/C30H41FN2O/c1-21(2)30(34)33(27-8-6-5-7-9-27)19-26-18-32(17-25-16-23(4)12-15-29(25)31)20-28(26)24-13-10-22(3)11-14-24/h10-16,21,26-28H,5-9,17-20H2,1-4H3/t26-,28-/m0/s1. The maximum Gasteiger partial charge on any atom is 0.225 e. The van der Waals surface area contributed by atoms with Gasteiger partial charge in [-0.15, -0.1) is 0 Å². The smallest absolute Gasteiger partial charge is 0.225 e. The zero-order valence-electron chi connectivity index (χ0n) is 21.4. The third-order valence-corrected chi connectivity index (χ3v) is 7.84. The first-order valence-corrected chi connectivity index (χ1v) is 13.2. The van der Waals surface area contributed by atoms with Crippen LogP contribution in [0.25, 0.3) is 0 Å². The van der Waals surface area contributed by atoms with E-state index in [1.165, 1.54) is 30.4 Å². The highest BCUT2D eigenvalue weighted by molar-refractivity contribution is 5.78. The Morgan fingerprint density at radius 2 is 1.68 bits per heavy atom. The van der Waals surface area contributed by atoms with E-state index >= 15 is 0 Å². The van der Waals surface area contributed by atoms with Crippen molar-refractivity contribution in [2.75, 3.05) is 19.6 Å². The normalized spacial score (nSPS) is 21.8. The Kier molecular flexibility index (Phi) is 8.08. The van der Waals surface area contributed by atoms with Crippen molar-refractivity contribution < 1.29 is 9.18 Å². The highest BCUT2D eigenvalue weighted by atomic mass is 19.1. The van der Waals surface area contributed by atoms with Gasteiger partial charge in [-0.2, -0.15) is 0 Å². The van der Waals surface area contributed by atoms with Gasteiger partial charge >= 0.3 is 0 Å². The zero-order valence-corrected chi connectivity index (χ0v) is 21.4. The molecule has 2 aromatic rings. The molecule has 0 bridgehead atoms. The molecule has 2 fully saturated rings. The van der Waals surface area contributed by atoms with E-state index < -0.39 is 0 Å². The predicted octanol–water partition coefficient (Wildman–Crippen LogP) is 6.48. The first-order chi connectivity index (χ1) is 16.3. The Bertz CT molecular complexity index is 964. The topological polar surface area (TPSA) is 23.6 Å². The van der Waals surface area contributed by atoms with Crippen LogP contribution >= 0.6 is 0 Å². The van der Waals surface area contributed by atoms with Crippen LogP contribution in [0, 0.1) is 31.5 Å². The number of rotatable bonds is 7. The third-order valence-electron chi connectivity index (χ3n) is 7.84. The second-order valence-electron chi connectivity index (χ2n) is 11.0. The van der Waals surface area contributed by atoms with Gasteiger partial charge in [0.2, 0.25) is 5.91 Å². The molecule has 184 valence electrons. The molecule has 0 spiro atoms. The molecule has 0 N–H and O–H groups in total. The molecule has 4 heteroatoms. The van der Waals surface area contributed by atoms with Gasteiger partial charge in [0, 0.05) is 49.6 Å². The molecule has 1 amide bonds. The summed E-state index contributed by atoms with van der Waals surface area (Å²) in [6.45, 7) is 11.4. The van der Waals surface area contributed by atoms with Crippen LogP contribution in [0.4, 0.5) is 4.39 Å². The molecule has 2 aromatic carbocycles. The molecule has 2 aliphatic rings. The van der Waals surface area contributed by atoms with Gasteiger partial charge in [0.15, 0.2) is 0 Å². The van der Waals surface area contributed by atoms with Crippen molar-refractivity contribution in [3.63, 3.8) is 0 Å². The fourth-order valence-electron chi connectivity index (χ4n) is 5.93. The molecule has 1 aliphatic heterocycles. The number of aryl methyl sites for hydroxylation is 2. The lowest BCUT2D eigenvalue weighted by Gasteiger charge is -2.38. The highest BCUT2D eigenvalue weighted by Gasteiger charge is 2.38. The summed E-state index contributed by atoms with van der Waals surface area (Å²) in [4.78, 5) is 18.0. The fourth-order valence-corrected chi connectivity index (χ4v) is 5.93. The van der Waals surface area contributed by atoms with E-state index in [1.54, 1.807) is 6.07 Å². The number of hydrogen-bond acceptors (Lipinski definition) is 2. The Morgan fingerprint density at radius 3 is 2.35 bits per heavy atom. The molecular formula is C30H41FN2O. The Balaban J connectivity index is 1.58. The van der Waals surface area contributed by atoms with Crippen LogP contribution in [0.1, 0.15) is 74.1 Å². The number of amides is 1. The molecule has 0 radical (unpaired) electrons. The zero-order chi connectivity index (χ0) is 24.2. The molecule has 1 aliphatic carbocycles. The summed E-state index contributed by atoms with van der Waals surface area (Å²) < 4.78 is 14.6. The monoisotopic (exact) mass is 464 g/mol. The van der Waals surface area contributed by atoms with Crippen LogP contribution in [0.3, 0.4) is 0 Å².